The molecule has 0 unspecified atom stereocenters. The maximum Gasteiger partial charge on any atom is 0.0901 e. The van der Waals surface area contributed by atoms with Gasteiger partial charge in [-0.2, -0.15) is 0 Å². The molecule has 0 aromatic carbocycles. The zero-order valence-electron chi connectivity index (χ0n) is 7.38. The lowest BCUT2D eigenvalue weighted by molar-refractivity contribution is 0.152. The van der Waals surface area contributed by atoms with Crippen LogP contribution in [-0.4, -0.2) is 6.61 Å². The summed E-state index contributed by atoms with van der Waals surface area (Å²) in [4.78, 5) is 0. The first-order valence-corrected chi connectivity index (χ1v) is 4.55. The van der Waals surface area contributed by atoms with E-state index in [1.165, 1.54) is 25.7 Å². The molecule has 0 aliphatic heterocycles. The molecule has 1 aliphatic rings. The highest BCUT2D eigenvalue weighted by atomic mass is 16.5. The lowest BCUT2D eigenvalue weighted by Crippen LogP contribution is -2.16. The highest BCUT2D eigenvalue weighted by Crippen LogP contribution is 2.28. The van der Waals surface area contributed by atoms with Gasteiger partial charge in [-0.05, 0) is 24.7 Å². The summed E-state index contributed by atoms with van der Waals surface area (Å²) in [6.45, 7) is 6.76. The lowest BCUT2D eigenvalue weighted by atomic mass is 9.83. The number of ether oxygens (including phenoxy) is 1. The van der Waals surface area contributed by atoms with Gasteiger partial charge in [0.15, 0.2) is 0 Å². The third kappa shape index (κ3) is 2.96. The van der Waals surface area contributed by atoms with Crippen molar-refractivity contribution >= 4 is 0 Å². The van der Waals surface area contributed by atoms with Crippen molar-refractivity contribution < 1.29 is 4.74 Å². The average Bonchev–Trinajstić information content (AvgIpc) is 2.04. The van der Waals surface area contributed by atoms with Crippen LogP contribution in [0.3, 0.4) is 0 Å². The van der Waals surface area contributed by atoms with Gasteiger partial charge < -0.3 is 4.74 Å². The van der Waals surface area contributed by atoms with Crippen molar-refractivity contribution in [1.29, 1.82) is 0 Å². The molecule has 0 heterocycles. The smallest absolute Gasteiger partial charge is 0.0901 e. The third-order valence-corrected chi connectivity index (χ3v) is 2.59. The second kappa shape index (κ2) is 4.42. The Balaban J connectivity index is 2.12. The monoisotopic (exact) mass is 154 g/mol. The Morgan fingerprint density at radius 2 is 2.00 bits per heavy atom. The summed E-state index contributed by atoms with van der Waals surface area (Å²) >= 11 is 0. The molecule has 0 spiro atoms. The first kappa shape index (κ1) is 8.63. The van der Waals surface area contributed by atoms with Crippen LogP contribution in [0.15, 0.2) is 12.8 Å². The molecule has 1 saturated carbocycles. The summed E-state index contributed by atoms with van der Waals surface area (Å²) in [6, 6.07) is 0. The van der Waals surface area contributed by atoms with Gasteiger partial charge in [-0.3, -0.25) is 0 Å². The van der Waals surface area contributed by atoms with Gasteiger partial charge in [0.2, 0.25) is 0 Å². The summed E-state index contributed by atoms with van der Waals surface area (Å²) in [5.41, 5.74) is 0. The molecule has 1 heteroatoms. The summed E-state index contributed by atoms with van der Waals surface area (Å²) in [5, 5.41) is 0. The molecule has 0 amide bonds. The first-order valence-electron chi connectivity index (χ1n) is 4.55. The minimum absolute atomic E-state index is 0.796. The lowest BCUT2D eigenvalue weighted by Gasteiger charge is -2.25. The molecule has 0 atom stereocenters. The maximum atomic E-state index is 5.17. The molecule has 0 saturated heterocycles. The Hall–Kier alpha value is -0.460. The highest BCUT2D eigenvalue weighted by molar-refractivity contribution is 4.70. The molecular weight excluding hydrogens is 136 g/mol. The third-order valence-electron chi connectivity index (χ3n) is 2.59. The topological polar surface area (TPSA) is 9.23 Å². The Labute approximate surface area is 69.4 Å². The largest absolute Gasteiger partial charge is 0.502 e. The zero-order valence-corrected chi connectivity index (χ0v) is 7.38. The molecule has 1 rings (SSSR count). The van der Waals surface area contributed by atoms with Gasteiger partial charge in [0.25, 0.3) is 0 Å². The van der Waals surface area contributed by atoms with Crippen LogP contribution >= 0.6 is 0 Å². The molecule has 1 aliphatic carbocycles. The van der Waals surface area contributed by atoms with E-state index < -0.39 is 0 Å². The predicted octanol–water partition coefficient (Wildman–Crippen LogP) is 2.97. The Morgan fingerprint density at radius 1 is 1.36 bits per heavy atom. The predicted molar refractivity (Wildman–Crippen MR) is 47.3 cm³/mol. The van der Waals surface area contributed by atoms with E-state index in [2.05, 4.69) is 13.5 Å². The van der Waals surface area contributed by atoms with Crippen molar-refractivity contribution in [2.45, 2.75) is 32.6 Å². The molecule has 64 valence electrons. The maximum absolute atomic E-state index is 5.17. The molecule has 0 N–H and O–H groups in total. The van der Waals surface area contributed by atoms with Gasteiger partial charge in [0.1, 0.15) is 0 Å². The second-order valence-electron chi connectivity index (χ2n) is 3.63. The summed E-state index contributed by atoms with van der Waals surface area (Å²) in [5.74, 6) is 1.74. The molecule has 11 heavy (non-hydrogen) atoms. The van der Waals surface area contributed by atoms with Crippen molar-refractivity contribution in [3.05, 3.63) is 12.8 Å². The summed E-state index contributed by atoms with van der Waals surface area (Å²) in [6.07, 6.45) is 7.00. The van der Waals surface area contributed by atoms with Crippen LogP contribution in [0.2, 0.25) is 0 Å². The van der Waals surface area contributed by atoms with Crippen LogP contribution in [0, 0.1) is 11.8 Å². The van der Waals surface area contributed by atoms with E-state index in [4.69, 9.17) is 4.74 Å². The van der Waals surface area contributed by atoms with Gasteiger partial charge in [-0.25, -0.2) is 0 Å². The van der Waals surface area contributed by atoms with Crippen LogP contribution < -0.4 is 0 Å². The van der Waals surface area contributed by atoms with Crippen LogP contribution in [0.5, 0.6) is 0 Å². The van der Waals surface area contributed by atoms with Crippen molar-refractivity contribution in [1.82, 2.24) is 0 Å². The Morgan fingerprint density at radius 3 is 2.55 bits per heavy atom. The van der Waals surface area contributed by atoms with E-state index in [0.29, 0.717) is 0 Å². The van der Waals surface area contributed by atoms with Gasteiger partial charge in [-0.15, -0.1) is 0 Å². The number of hydrogen-bond acceptors (Lipinski definition) is 1. The van der Waals surface area contributed by atoms with Crippen LogP contribution in [0.25, 0.3) is 0 Å². The van der Waals surface area contributed by atoms with Gasteiger partial charge >= 0.3 is 0 Å². The molecular formula is C10H18O. The molecule has 1 fully saturated rings. The van der Waals surface area contributed by atoms with Crippen LogP contribution in [-0.2, 0) is 4.74 Å². The van der Waals surface area contributed by atoms with E-state index in [0.717, 1.165) is 18.4 Å². The number of rotatable bonds is 3. The fourth-order valence-electron chi connectivity index (χ4n) is 1.70. The molecule has 0 radical (unpaired) electrons. The number of hydrogen-bond donors (Lipinski definition) is 0. The van der Waals surface area contributed by atoms with Crippen LogP contribution in [0.4, 0.5) is 0 Å². The van der Waals surface area contributed by atoms with Gasteiger partial charge in [-0.1, -0.05) is 26.3 Å². The minimum atomic E-state index is 0.796. The van der Waals surface area contributed by atoms with Gasteiger partial charge in [0, 0.05) is 0 Å². The van der Waals surface area contributed by atoms with E-state index >= 15 is 0 Å². The second-order valence-corrected chi connectivity index (χ2v) is 3.63. The van der Waals surface area contributed by atoms with Crippen molar-refractivity contribution in [3.8, 4) is 0 Å². The van der Waals surface area contributed by atoms with Crippen LogP contribution in [0.1, 0.15) is 32.6 Å². The average molecular weight is 154 g/mol. The SMILES string of the molecule is C=COC[C@H]1CC[C@H](C)CC1. The van der Waals surface area contributed by atoms with E-state index in [-0.39, 0.29) is 0 Å². The Kier molecular flexibility index (Phi) is 3.47. The highest BCUT2D eigenvalue weighted by Gasteiger charge is 2.17. The minimum Gasteiger partial charge on any atom is -0.502 e. The van der Waals surface area contributed by atoms with E-state index in [9.17, 15) is 0 Å². The van der Waals surface area contributed by atoms with Gasteiger partial charge in [0.05, 0.1) is 12.9 Å². The first-order chi connectivity index (χ1) is 5.33. The molecule has 0 aromatic heterocycles. The summed E-state index contributed by atoms with van der Waals surface area (Å²) in [7, 11) is 0. The molecule has 1 nitrogen and oxygen atoms in total. The van der Waals surface area contributed by atoms with Crippen molar-refractivity contribution in [3.63, 3.8) is 0 Å². The molecule has 0 bridgehead atoms. The van der Waals surface area contributed by atoms with Crippen molar-refractivity contribution in [2.24, 2.45) is 11.8 Å². The quantitative estimate of drug-likeness (QED) is 0.568. The molecule has 0 aromatic rings. The summed E-state index contributed by atoms with van der Waals surface area (Å²) < 4.78 is 5.17. The van der Waals surface area contributed by atoms with Crippen molar-refractivity contribution in [2.75, 3.05) is 6.61 Å². The fraction of sp³-hybridized carbons (Fsp3) is 0.800. The fourth-order valence-corrected chi connectivity index (χ4v) is 1.70. The Bertz CT molecular complexity index is 112. The normalized spacial score (nSPS) is 31.4. The van der Waals surface area contributed by atoms with E-state index in [1.54, 1.807) is 6.26 Å². The van der Waals surface area contributed by atoms with E-state index in [1.807, 2.05) is 0 Å². The standard InChI is InChI=1S/C10H18O/c1-3-11-8-10-6-4-9(2)5-7-10/h3,9-10H,1,4-8H2,2H3/t9-,10-. The zero-order chi connectivity index (χ0) is 8.10.